The van der Waals surface area contributed by atoms with Crippen LogP contribution >= 0.6 is 0 Å². The van der Waals surface area contributed by atoms with E-state index < -0.39 is 0 Å². The maximum absolute atomic E-state index is 13.0. The van der Waals surface area contributed by atoms with E-state index in [1.807, 2.05) is 78.5 Å². The number of amides is 3. The summed E-state index contributed by atoms with van der Waals surface area (Å²) in [4.78, 5) is 33.5. The lowest BCUT2D eigenvalue weighted by Gasteiger charge is -2.45. The molecule has 2 aromatic heterocycles. The van der Waals surface area contributed by atoms with Crippen molar-refractivity contribution in [3.05, 3.63) is 84.4 Å². The quantitative estimate of drug-likeness (QED) is 0.729. The van der Waals surface area contributed by atoms with E-state index in [1.165, 1.54) is 0 Å². The van der Waals surface area contributed by atoms with Crippen LogP contribution in [-0.2, 0) is 13.6 Å². The van der Waals surface area contributed by atoms with E-state index in [-0.39, 0.29) is 18.0 Å². The predicted molar refractivity (Wildman–Crippen MR) is 110 cm³/mol. The van der Waals surface area contributed by atoms with Gasteiger partial charge in [-0.25, -0.2) is 4.79 Å². The van der Waals surface area contributed by atoms with Crippen molar-refractivity contribution in [2.24, 2.45) is 7.05 Å². The number of carbonyl (C=O) groups excluding carboxylic acids is 2. The van der Waals surface area contributed by atoms with Crippen molar-refractivity contribution < 1.29 is 9.59 Å². The Labute approximate surface area is 169 Å². The van der Waals surface area contributed by atoms with Gasteiger partial charge in [0.1, 0.15) is 5.69 Å². The lowest BCUT2D eigenvalue weighted by Crippen LogP contribution is -2.62. The van der Waals surface area contributed by atoms with Crippen LogP contribution in [-0.4, -0.2) is 50.4 Å². The molecule has 0 saturated carbocycles. The second-order valence-electron chi connectivity index (χ2n) is 7.11. The largest absolute Gasteiger partial charge is 0.347 e. The highest BCUT2D eigenvalue weighted by Gasteiger charge is 2.38. The number of rotatable bonds is 5. The smallest absolute Gasteiger partial charge is 0.322 e. The SMILES string of the molecule is Cn1cccc1C(=O)N1CC(N(Cc2ccccn2)C(=O)Nc2ccccc2)C1. The molecule has 148 valence electrons. The van der Waals surface area contributed by atoms with E-state index in [0.717, 1.165) is 11.4 Å². The molecule has 4 rings (SSSR count). The van der Waals surface area contributed by atoms with Gasteiger partial charge in [-0.1, -0.05) is 24.3 Å². The maximum atomic E-state index is 13.0. The number of urea groups is 1. The number of aryl methyl sites for hydroxylation is 1. The zero-order valence-electron chi connectivity index (χ0n) is 16.2. The van der Waals surface area contributed by atoms with Crippen LogP contribution in [0.5, 0.6) is 0 Å². The monoisotopic (exact) mass is 389 g/mol. The summed E-state index contributed by atoms with van der Waals surface area (Å²) in [6, 6.07) is 18.4. The standard InChI is InChI=1S/C22H23N5O2/c1-25-13-7-11-20(25)21(28)26-15-19(16-26)27(14-18-10-5-6-12-23-18)22(29)24-17-8-3-2-4-9-17/h2-13,19H,14-16H2,1H3,(H,24,29). The molecular formula is C22H23N5O2. The third-order valence-corrected chi connectivity index (χ3v) is 5.10. The van der Waals surface area contributed by atoms with Crippen LogP contribution in [0.1, 0.15) is 16.2 Å². The Kier molecular flexibility index (Phi) is 5.29. The van der Waals surface area contributed by atoms with Crippen LogP contribution in [0.25, 0.3) is 0 Å². The number of nitrogens with zero attached hydrogens (tertiary/aromatic N) is 4. The number of hydrogen-bond acceptors (Lipinski definition) is 3. The average molecular weight is 389 g/mol. The first-order valence-electron chi connectivity index (χ1n) is 9.55. The summed E-state index contributed by atoms with van der Waals surface area (Å²) >= 11 is 0. The fraction of sp³-hybridized carbons (Fsp3) is 0.227. The topological polar surface area (TPSA) is 70.5 Å². The molecule has 1 aromatic carbocycles. The summed E-state index contributed by atoms with van der Waals surface area (Å²) in [6.45, 7) is 1.38. The van der Waals surface area contributed by atoms with Gasteiger partial charge in [-0.15, -0.1) is 0 Å². The van der Waals surface area contributed by atoms with Crippen molar-refractivity contribution in [2.45, 2.75) is 12.6 Å². The molecule has 1 N–H and O–H groups in total. The Hall–Kier alpha value is -3.61. The first-order chi connectivity index (χ1) is 14.1. The van der Waals surface area contributed by atoms with Gasteiger partial charge in [0.05, 0.1) is 18.3 Å². The van der Waals surface area contributed by atoms with E-state index in [1.54, 1.807) is 16.0 Å². The molecule has 1 aliphatic rings. The highest BCUT2D eigenvalue weighted by atomic mass is 16.2. The number of benzene rings is 1. The second kappa shape index (κ2) is 8.18. The van der Waals surface area contributed by atoms with Crippen molar-refractivity contribution in [3.8, 4) is 0 Å². The van der Waals surface area contributed by atoms with Gasteiger partial charge >= 0.3 is 6.03 Å². The molecular weight excluding hydrogens is 366 g/mol. The molecule has 7 nitrogen and oxygen atoms in total. The number of nitrogens with one attached hydrogen (secondary N) is 1. The summed E-state index contributed by atoms with van der Waals surface area (Å²) in [5, 5.41) is 2.94. The Bertz CT molecular complexity index is 981. The maximum Gasteiger partial charge on any atom is 0.322 e. The minimum atomic E-state index is -0.196. The lowest BCUT2D eigenvalue weighted by atomic mass is 10.1. The number of aromatic nitrogens is 2. The minimum Gasteiger partial charge on any atom is -0.347 e. The first-order valence-corrected chi connectivity index (χ1v) is 9.55. The zero-order chi connectivity index (χ0) is 20.2. The third kappa shape index (κ3) is 4.13. The minimum absolute atomic E-state index is 0.0185. The normalized spacial score (nSPS) is 13.6. The van der Waals surface area contributed by atoms with Crippen LogP contribution < -0.4 is 5.32 Å². The number of anilines is 1. The van der Waals surface area contributed by atoms with Crippen LogP contribution in [0, 0.1) is 0 Å². The third-order valence-electron chi connectivity index (χ3n) is 5.10. The molecule has 29 heavy (non-hydrogen) atoms. The van der Waals surface area contributed by atoms with E-state index in [2.05, 4.69) is 10.3 Å². The van der Waals surface area contributed by atoms with Gasteiger partial charge in [-0.3, -0.25) is 9.78 Å². The Morgan fingerprint density at radius 3 is 2.48 bits per heavy atom. The Morgan fingerprint density at radius 1 is 1.07 bits per heavy atom. The molecule has 1 aliphatic heterocycles. The van der Waals surface area contributed by atoms with Crippen molar-refractivity contribution in [2.75, 3.05) is 18.4 Å². The van der Waals surface area contributed by atoms with E-state index in [9.17, 15) is 9.59 Å². The summed E-state index contributed by atoms with van der Waals surface area (Å²) in [7, 11) is 1.85. The van der Waals surface area contributed by atoms with E-state index in [0.29, 0.717) is 25.3 Å². The molecule has 0 unspecified atom stereocenters. The van der Waals surface area contributed by atoms with Crippen LogP contribution in [0.4, 0.5) is 10.5 Å². The molecule has 3 aromatic rings. The summed E-state index contributed by atoms with van der Waals surface area (Å²) in [5.74, 6) is -0.0185. The van der Waals surface area contributed by atoms with Crippen molar-refractivity contribution in [3.63, 3.8) is 0 Å². The summed E-state index contributed by atoms with van der Waals surface area (Å²) in [5.41, 5.74) is 2.19. The van der Waals surface area contributed by atoms with Gasteiger partial charge in [-0.2, -0.15) is 0 Å². The summed E-state index contributed by atoms with van der Waals surface area (Å²) in [6.07, 6.45) is 3.57. The molecule has 0 radical (unpaired) electrons. The van der Waals surface area contributed by atoms with Gasteiger partial charge in [0.15, 0.2) is 0 Å². The van der Waals surface area contributed by atoms with E-state index >= 15 is 0 Å². The number of likely N-dealkylation sites (tertiary alicyclic amines) is 1. The molecule has 3 heterocycles. The zero-order valence-corrected chi connectivity index (χ0v) is 16.2. The molecule has 7 heteroatoms. The molecule has 1 saturated heterocycles. The number of hydrogen-bond donors (Lipinski definition) is 1. The fourth-order valence-electron chi connectivity index (χ4n) is 3.41. The van der Waals surface area contributed by atoms with Crippen LogP contribution in [0.2, 0.25) is 0 Å². The first kappa shape index (κ1) is 18.7. The number of para-hydroxylation sites is 1. The Morgan fingerprint density at radius 2 is 1.83 bits per heavy atom. The molecule has 0 atom stereocenters. The molecule has 0 bridgehead atoms. The van der Waals surface area contributed by atoms with Crippen molar-refractivity contribution in [1.82, 2.24) is 19.4 Å². The number of pyridine rings is 1. The van der Waals surface area contributed by atoms with Gasteiger partial charge in [0.2, 0.25) is 0 Å². The molecule has 0 aliphatic carbocycles. The fourth-order valence-corrected chi connectivity index (χ4v) is 3.41. The molecule has 1 fully saturated rings. The van der Waals surface area contributed by atoms with Gasteiger partial charge in [0, 0.05) is 38.2 Å². The van der Waals surface area contributed by atoms with E-state index in [4.69, 9.17) is 0 Å². The van der Waals surface area contributed by atoms with Crippen molar-refractivity contribution in [1.29, 1.82) is 0 Å². The van der Waals surface area contributed by atoms with Crippen molar-refractivity contribution >= 4 is 17.6 Å². The number of carbonyl (C=O) groups is 2. The van der Waals surface area contributed by atoms with Gasteiger partial charge in [0.25, 0.3) is 5.91 Å². The van der Waals surface area contributed by atoms with Gasteiger partial charge < -0.3 is 19.7 Å². The molecule has 0 spiro atoms. The second-order valence-corrected chi connectivity index (χ2v) is 7.11. The Balaban J connectivity index is 1.46. The highest BCUT2D eigenvalue weighted by Crippen LogP contribution is 2.21. The highest BCUT2D eigenvalue weighted by molar-refractivity contribution is 5.94. The lowest BCUT2D eigenvalue weighted by molar-refractivity contribution is 0.0353. The van der Waals surface area contributed by atoms with Crippen LogP contribution in [0.3, 0.4) is 0 Å². The molecule has 3 amide bonds. The summed E-state index contributed by atoms with van der Waals surface area (Å²) < 4.78 is 1.81. The average Bonchev–Trinajstić information content (AvgIpc) is 3.13. The predicted octanol–water partition coefficient (Wildman–Crippen LogP) is 2.98. The van der Waals surface area contributed by atoms with Crippen LogP contribution in [0.15, 0.2) is 73.1 Å². The van der Waals surface area contributed by atoms with Gasteiger partial charge in [-0.05, 0) is 36.4 Å².